The number of amides is 2. The number of hydrogen-bond acceptors (Lipinski definition) is 6. The van der Waals surface area contributed by atoms with E-state index in [0.29, 0.717) is 53.3 Å². The minimum absolute atomic E-state index is 0.00982. The number of likely N-dealkylation sites (tertiary alicyclic amines) is 1. The Labute approximate surface area is 301 Å². The maximum absolute atomic E-state index is 13.2. The molecule has 4 aliphatic heterocycles. The van der Waals surface area contributed by atoms with Crippen molar-refractivity contribution in [2.24, 2.45) is 52.3 Å². The van der Waals surface area contributed by atoms with E-state index in [-0.39, 0.29) is 30.1 Å². The van der Waals surface area contributed by atoms with Crippen molar-refractivity contribution in [1.29, 1.82) is 0 Å². The molecule has 278 valence electrons. The van der Waals surface area contributed by atoms with E-state index < -0.39 is 0 Å². The highest BCUT2D eigenvalue weighted by atomic mass is 16.7. The summed E-state index contributed by atoms with van der Waals surface area (Å²) in [6.07, 6.45) is 14.3. The third-order valence-corrected chi connectivity index (χ3v) is 16.6. The van der Waals surface area contributed by atoms with Crippen LogP contribution in [0.3, 0.4) is 0 Å². The third kappa shape index (κ3) is 6.04. The normalized spacial score (nSPS) is 46.8. The number of piperazine rings is 1. The quantitative estimate of drug-likeness (QED) is 0.291. The molecule has 8 fully saturated rings. The first kappa shape index (κ1) is 35.3. The molecule has 12 atom stereocenters. The van der Waals surface area contributed by atoms with Gasteiger partial charge in [-0.3, -0.25) is 19.3 Å². The molecule has 9 nitrogen and oxygen atoms in total. The van der Waals surface area contributed by atoms with E-state index >= 15 is 0 Å². The molecule has 1 N–H and O–H groups in total. The van der Waals surface area contributed by atoms with E-state index in [4.69, 9.17) is 16.0 Å². The van der Waals surface area contributed by atoms with Crippen LogP contribution in [0.15, 0.2) is 0 Å². The van der Waals surface area contributed by atoms with Gasteiger partial charge in [-0.15, -0.1) is 0 Å². The van der Waals surface area contributed by atoms with Gasteiger partial charge in [-0.2, -0.15) is 0 Å². The summed E-state index contributed by atoms with van der Waals surface area (Å²) < 4.78 is 13.5. The number of rotatable bonds is 5. The standard InChI is InChI=1S/C41H65N5O4/c1-27-8-15-41(49-25-27)28(2)38-35(50-41)23-34-32-7-6-29-22-30(9-13-39(29,3)33(32)10-14-40(34,38)4)43-36(47)24-37(48)46-16-11-31(12-17-46)45-20-18-44(19-21-45)26-42-5/h27-35,38H,6-26H2,1-4H3,(H,43,47)/t27-,28-,29+,30-,32+,33?,34-,35-,38-,39-,40-,41+/m0/s1. The van der Waals surface area contributed by atoms with Crippen LogP contribution in [0.2, 0.25) is 0 Å². The summed E-state index contributed by atoms with van der Waals surface area (Å²) in [6.45, 7) is 23.9. The van der Waals surface area contributed by atoms with Crippen molar-refractivity contribution in [3.05, 3.63) is 11.4 Å². The van der Waals surface area contributed by atoms with Gasteiger partial charge in [0.1, 0.15) is 6.42 Å². The van der Waals surface area contributed by atoms with Crippen LogP contribution in [0.25, 0.3) is 4.85 Å². The van der Waals surface area contributed by atoms with Gasteiger partial charge in [-0.05, 0) is 117 Å². The van der Waals surface area contributed by atoms with E-state index in [9.17, 15) is 9.59 Å². The van der Waals surface area contributed by atoms with Gasteiger partial charge in [0.2, 0.25) is 11.8 Å². The van der Waals surface area contributed by atoms with Crippen LogP contribution in [0.4, 0.5) is 0 Å². The highest BCUT2D eigenvalue weighted by molar-refractivity contribution is 5.97. The lowest BCUT2D eigenvalue weighted by molar-refractivity contribution is -0.273. The van der Waals surface area contributed by atoms with Gasteiger partial charge in [-0.1, -0.05) is 27.7 Å². The van der Waals surface area contributed by atoms with Gasteiger partial charge in [0.05, 0.1) is 12.7 Å². The number of nitrogens with one attached hydrogen (secondary N) is 1. The van der Waals surface area contributed by atoms with Gasteiger partial charge in [-0.25, -0.2) is 11.5 Å². The predicted octanol–water partition coefficient (Wildman–Crippen LogP) is 5.79. The zero-order chi connectivity index (χ0) is 34.8. The van der Waals surface area contributed by atoms with Gasteiger partial charge < -0.3 is 19.7 Å². The fraction of sp³-hybridized carbons (Fsp3) is 0.927. The first-order valence-corrected chi connectivity index (χ1v) is 20.7. The highest BCUT2D eigenvalue weighted by Crippen LogP contribution is 2.71. The van der Waals surface area contributed by atoms with Crippen molar-refractivity contribution in [2.75, 3.05) is 52.5 Å². The van der Waals surface area contributed by atoms with Gasteiger partial charge >= 0.3 is 0 Å². The Kier molecular flexibility index (Phi) is 9.60. The largest absolute Gasteiger partial charge is 0.353 e. The molecule has 1 unspecified atom stereocenters. The second-order valence-electron chi connectivity index (χ2n) is 19.0. The average molecular weight is 692 g/mol. The molecule has 4 heterocycles. The number of carbonyl (C=O) groups is 2. The van der Waals surface area contributed by atoms with E-state index in [2.05, 4.69) is 47.7 Å². The molecule has 0 aromatic carbocycles. The third-order valence-electron chi connectivity index (χ3n) is 16.6. The zero-order valence-electron chi connectivity index (χ0n) is 31.5. The number of nitrogens with zero attached hydrogens (tertiary/aromatic N) is 4. The number of piperidine rings is 1. The van der Waals surface area contributed by atoms with Crippen LogP contribution < -0.4 is 5.32 Å². The van der Waals surface area contributed by atoms with Crippen molar-refractivity contribution in [2.45, 2.75) is 135 Å². The zero-order valence-corrected chi connectivity index (χ0v) is 31.5. The minimum atomic E-state index is -0.336. The van der Waals surface area contributed by atoms with Gasteiger partial charge in [0, 0.05) is 63.7 Å². The molecule has 0 aromatic heterocycles. The van der Waals surface area contributed by atoms with Crippen LogP contribution in [0, 0.1) is 58.8 Å². The lowest BCUT2D eigenvalue weighted by Gasteiger charge is -2.61. The molecule has 0 bridgehead atoms. The van der Waals surface area contributed by atoms with Crippen LogP contribution in [0.5, 0.6) is 0 Å². The van der Waals surface area contributed by atoms with E-state index in [1.54, 1.807) is 0 Å². The van der Waals surface area contributed by atoms with Crippen LogP contribution >= 0.6 is 0 Å². The molecule has 2 amide bonds. The second kappa shape index (κ2) is 13.6. The Bertz CT molecular complexity index is 1310. The minimum Gasteiger partial charge on any atom is -0.353 e. The molecule has 4 saturated heterocycles. The summed E-state index contributed by atoms with van der Waals surface area (Å²) in [5, 5.41) is 3.34. The molecule has 4 saturated carbocycles. The van der Waals surface area contributed by atoms with Crippen molar-refractivity contribution in [3.8, 4) is 0 Å². The SMILES string of the molecule is [C-]#[N+]CN1CCN(C2CCN(C(=O)CC(=O)N[C@H]3CC[C@]4(C)C5CC[C@]6(C)[C@@H]7[C@H](C[C@H]6[C@@H]5CC[C@@H]4C3)O[C@]3(CC[C@H](C)CO3)[C@H]7C)CC2)CC1. The molecule has 50 heavy (non-hydrogen) atoms. The molecule has 8 rings (SSSR count). The lowest BCUT2D eigenvalue weighted by Crippen LogP contribution is -2.56. The molecular formula is C41H65N5O4. The number of ether oxygens (including phenoxy) is 2. The summed E-state index contributed by atoms with van der Waals surface area (Å²) in [7, 11) is 0. The summed E-state index contributed by atoms with van der Waals surface area (Å²) in [5.41, 5.74) is 0.704. The van der Waals surface area contributed by atoms with Gasteiger partial charge in [0.15, 0.2) is 5.79 Å². The second-order valence-corrected chi connectivity index (χ2v) is 19.0. The van der Waals surface area contributed by atoms with Crippen molar-refractivity contribution in [3.63, 3.8) is 0 Å². The molecule has 0 aromatic rings. The molecule has 0 radical (unpaired) electrons. The van der Waals surface area contributed by atoms with Crippen molar-refractivity contribution >= 4 is 11.8 Å². The van der Waals surface area contributed by atoms with Crippen LogP contribution in [-0.4, -0.2) is 103 Å². The molecule has 1 spiro atoms. The first-order valence-electron chi connectivity index (χ1n) is 20.7. The Balaban J connectivity index is 0.813. The fourth-order valence-corrected chi connectivity index (χ4v) is 13.8. The summed E-state index contributed by atoms with van der Waals surface area (Å²) >= 11 is 0. The lowest BCUT2D eigenvalue weighted by atomic mass is 9.44. The van der Waals surface area contributed by atoms with Crippen molar-refractivity contribution < 1.29 is 19.1 Å². The monoisotopic (exact) mass is 692 g/mol. The Morgan fingerprint density at radius 2 is 1.62 bits per heavy atom. The van der Waals surface area contributed by atoms with Gasteiger partial charge in [0.25, 0.3) is 6.67 Å². The predicted molar refractivity (Wildman–Crippen MR) is 192 cm³/mol. The smallest absolute Gasteiger partial charge is 0.270 e. The van der Waals surface area contributed by atoms with Crippen molar-refractivity contribution in [1.82, 2.24) is 20.0 Å². The highest BCUT2D eigenvalue weighted by Gasteiger charge is 2.69. The maximum atomic E-state index is 13.2. The molecule has 4 aliphatic carbocycles. The number of hydrogen-bond donors (Lipinski definition) is 1. The number of fused-ring (bicyclic) bond motifs is 7. The van der Waals surface area contributed by atoms with E-state index in [0.717, 1.165) is 95.7 Å². The summed E-state index contributed by atoms with van der Waals surface area (Å²) in [4.78, 5) is 36.6. The molecular weight excluding hydrogens is 626 g/mol. The number of carbonyl (C=O) groups excluding carboxylic acids is 2. The van der Waals surface area contributed by atoms with Crippen LogP contribution in [-0.2, 0) is 19.1 Å². The first-order chi connectivity index (χ1) is 24.0. The van der Waals surface area contributed by atoms with Crippen LogP contribution in [0.1, 0.15) is 111 Å². The van der Waals surface area contributed by atoms with E-state index in [1.807, 2.05) is 4.90 Å². The Hall–Kier alpha value is -1.73. The topological polar surface area (TPSA) is 78.7 Å². The Morgan fingerprint density at radius 3 is 2.34 bits per heavy atom. The summed E-state index contributed by atoms with van der Waals surface area (Å²) in [5.74, 6) is 4.28. The molecule has 9 heteroatoms. The Morgan fingerprint density at radius 1 is 0.860 bits per heavy atom. The summed E-state index contributed by atoms with van der Waals surface area (Å²) in [6, 6.07) is 0.700. The maximum Gasteiger partial charge on any atom is 0.270 e. The average Bonchev–Trinajstić information content (AvgIpc) is 3.56. The van der Waals surface area contributed by atoms with E-state index in [1.165, 1.54) is 44.9 Å². The fourth-order valence-electron chi connectivity index (χ4n) is 13.8. The molecule has 8 aliphatic rings.